The zero-order valence-corrected chi connectivity index (χ0v) is 12.3. The topological polar surface area (TPSA) is 75.3 Å². The van der Waals surface area contributed by atoms with E-state index in [2.05, 4.69) is 17.6 Å². The van der Waals surface area contributed by atoms with E-state index in [1.54, 1.807) is 6.92 Å². The Hall–Kier alpha value is -0.620. The van der Waals surface area contributed by atoms with Crippen molar-refractivity contribution >= 4 is 15.7 Å². The molecule has 0 saturated carbocycles. The van der Waals surface area contributed by atoms with E-state index < -0.39 is 9.84 Å². The highest BCUT2D eigenvalue weighted by molar-refractivity contribution is 7.90. The van der Waals surface area contributed by atoms with Gasteiger partial charge in [-0.3, -0.25) is 4.79 Å². The Kier molecular flexibility index (Phi) is 5.16. The normalized spacial score (nSPS) is 25.9. The molecule has 1 amide bonds. The van der Waals surface area contributed by atoms with Crippen LogP contribution in [0.15, 0.2) is 0 Å². The van der Waals surface area contributed by atoms with E-state index in [9.17, 15) is 13.2 Å². The Morgan fingerprint density at radius 3 is 2.61 bits per heavy atom. The first-order chi connectivity index (χ1) is 8.29. The van der Waals surface area contributed by atoms with Crippen molar-refractivity contribution in [1.29, 1.82) is 0 Å². The van der Waals surface area contributed by atoms with Gasteiger partial charge in [-0.1, -0.05) is 13.3 Å². The first-order valence-electron chi connectivity index (χ1n) is 6.48. The molecule has 0 aromatic heterocycles. The Bertz CT molecular complexity index is 386. The van der Waals surface area contributed by atoms with Gasteiger partial charge in [0.1, 0.15) is 9.84 Å². The molecular formula is C12H24N2O3S. The minimum atomic E-state index is -3.05. The van der Waals surface area contributed by atoms with Crippen LogP contribution in [0.5, 0.6) is 0 Å². The molecule has 0 spiro atoms. The molecule has 1 saturated heterocycles. The highest BCUT2D eigenvalue weighted by Gasteiger charge is 2.40. The Morgan fingerprint density at radius 2 is 2.17 bits per heavy atom. The van der Waals surface area contributed by atoms with Crippen molar-refractivity contribution < 1.29 is 13.2 Å². The largest absolute Gasteiger partial charge is 0.352 e. The van der Waals surface area contributed by atoms with Gasteiger partial charge in [0.2, 0.25) is 5.91 Å². The van der Waals surface area contributed by atoms with Crippen LogP contribution in [0.25, 0.3) is 0 Å². The number of hydrogen-bond donors (Lipinski definition) is 2. The third-order valence-electron chi connectivity index (χ3n) is 3.38. The number of nitrogens with one attached hydrogen (secondary N) is 2. The van der Waals surface area contributed by atoms with E-state index in [4.69, 9.17) is 0 Å². The molecule has 2 atom stereocenters. The third-order valence-corrected chi connectivity index (χ3v) is 4.49. The first kappa shape index (κ1) is 15.4. The lowest BCUT2D eigenvalue weighted by Crippen LogP contribution is -2.47. The van der Waals surface area contributed by atoms with Gasteiger partial charge in [0.15, 0.2) is 0 Å². The van der Waals surface area contributed by atoms with Gasteiger partial charge >= 0.3 is 0 Å². The average Bonchev–Trinajstić information content (AvgIpc) is 2.64. The lowest BCUT2D eigenvalue weighted by atomic mass is 9.81. The Morgan fingerprint density at radius 1 is 1.50 bits per heavy atom. The van der Waals surface area contributed by atoms with Crippen LogP contribution in [-0.4, -0.2) is 45.5 Å². The van der Waals surface area contributed by atoms with Crippen molar-refractivity contribution in [3.05, 3.63) is 0 Å². The molecule has 1 heterocycles. The van der Waals surface area contributed by atoms with E-state index >= 15 is 0 Å². The molecule has 0 aromatic rings. The van der Waals surface area contributed by atoms with E-state index in [1.165, 1.54) is 6.26 Å². The van der Waals surface area contributed by atoms with Crippen LogP contribution in [0.4, 0.5) is 0 Å². The maximum atomic E-state index is 12.3. The summed E-state index contributed by atoms with van der Waals surface area (Å²) in [6, 6.07) is -0.332. The van der Waals surface area contributed by atoms with Gasteiger partial charge in [0.25, 0.3) is 0 Å². The highest BCUT2D eigenvalue weighted by atomic mass is 32.2. The predicted molar refractivity (Wildman–Crippen MR) is 72.1 cm³/mol. The molecule has 1 aliphatic heterocycles. The van der Waals surface area contributed by atoms with E-state index in [0.717, 1.165) is 25.8 Å². The van der Waals surface area contributed by atoms with Crippen LogP contribution < -0.4 is 10.6 Å². The minimum absolute atomic E-state index is 0.00558. The van der Waals surface area contributed by atoms with E-state index in [1.807, 2.05) is 0 Å². The van der Waals surface area contributed by atoms with Crippen molar-refractivity contribution in [3.8, 4) is 0 Å². The molecule has 5 nitrogen and oxygen atoms in total. The average molecular weight is 276 g/mol. The number of carbonyl (C=O) groups is 1. The number of sulfone groups is 1. The first-order valence-corrected chi connectivity index (χ1v) is 8.54. The van der Waals surface area contributed by atoms with Crippen molar-refractivity contribution in [3.63, 3.8) is 0 Å². The van der Waals surface area contributed by atoms with Crippen LogP contribution >= 0.6 is 0 Å². The fourth-order valence-corrected chi connectivity index (χ4v) is 3.61. The molecule has 0 aromatic carbocycles. The SMILES string of the molecule is CCCC1(C(=O)NC(C)CS(C)(=O)=O)CCNC1. The zero-order valence-electron chi connectivity index (χ0n) is 11.5. The summed E-state index contributed by atoms with van der Waals surface area (Å²) in [4.78, 5) is 12.3. The van der Waals surface area contributed by atoms with Gasteiger partial charge in [-0.05, 0) is 26.3 Å². The van der Waals surface area contributed by atoms with Crippen molar-refractivity contribution in [2.45, 2.75) is 39.2 Å². The number of carbonyl (C=O) groups excluding carboxylic acids is 1. The maximum Gasteiger partial charge on any atom is 0.227 e. The van der Waals surface area contributed by atoms with Gasteiger partial charge in [-0.25, -0.2) is 8.42 Å². The second-order valence-corrected chi connectivity index (χ2v) is 7.61. The molecule has 106 valence electrons. The monoisotopic (exact) mass is 276 g/mol. The fourth-order valence-electron chi connectivity index (χ4n) is 2.62. The molecular weight excluding hydrogens is 252 g/mol. The lowest BCUT2D eigenvalue weighted by Gasteiger charge is -2.28. The van der Waals surface area contributed by atoms with Crippen molar-refractivity contribution in [2.75, 3.05) is 25.1 Å². The van der Waals surface area contributed by atoms with E-state index in [0.29, 0.717) is 6.54 Å². The molecule has 0 aliphatic carbocycles. The number of rotatable bonds is 6. The van der Waals surface area contributed by atoms with Crippen LogP contribution in [-0.2, 0) is 14.6 Å². The fraction of sp³-hybridized carbons (Fsp3) is 0.917. The quantitative estimate of drug-likeness (QED) is 0.732. The van der Waals surface area contributed by atoms with Gasteiger partial charge in [-0.2, -0.15) is 0 Å². The Labute approximate surface area is 110 Å². The summed E-state index contributed by atoms with van der Waals surface area (Å²) in [5.41, 5.74) is -0.347. The molecule has 1 rings (SSSR count). The lowest BCUT2D eigenvalue weighted by molar-refractivity contribution is -0.131. The summed E-state index contributed by atoms with van der Waals surface area (Å²) in [7, 11) is -3.05. The molecule has 2 N–H and O–H groups in total. The zero-order chi connectivity index (χ0) is 13.8. The van der Waals surface area contributed by atoms with Gasteiger partial charge in [0, 0.05) is 18.8 Å². The second kappa shape index (κ2) is 6.02. The Balaban J connectivity index is 2.62. The molecule has 2 unspecified atom stereocenters. The van der Waals surface area contributed by atoms with Crippen LogP contribution in [0, 0.1) is 5.41 Å². The summed E-state index contributed by atoms with van der Waals surface area (Å²) in [6.07, 6.45) is 3.82. The van der Waals surface area contributed by atoms with Crippen LogP contribution in [0.3, 0.4) is 0 Å². The molecule has 18 heavy (non-hydrogen) atoms. The standard InChI is InChI=1S/C12H24N2O3S/c1-4-5-12(6-7-13-9-12)11(15)14-10(2)8-18(3,16)17/h10,13H,4-9H2,1-3H3,(H,14,15). The second-order valence-electron chi connectivity index (χ2n) is 5.42. The minimum Gasteiger partial charge on any atom is -0.352 e. The summed E-state index contributed by atoms with van der Waals surface area (Å²) in [5.74, 6) is -0.0144. The summed E-state index contributed by atoms with van der Waals surface area (Å²) >= 11 is 0. The van der Waals surface area contributed by atoms with Gasteiger partial charge < -0.3 is 10.6 Å². The van der Waals surface area contributed by atoms with E-state index in [-0.39, 0.29) is 23.1 Å². The predicted octanol–water partition coefficient (Wildman–Crippen LogP) is 0.316. The third kappa shape index (κ3) is 4.24. The number of hydrogen-bond acceptors (Lipinski definition) is 4. The summed E-state index contributed by atoms with van der Waals surface area (Å²) in [5, 5.41) is 6.07. The molecule has 0 bridgehead atoms. The van der Waals surface area contributed by atoms with Crippen molar-refractivity contribution in [1.82, 2.24) is 10.6 Å². The van der Waals surface area contributed by atoms with Crippen LogP contribution in [0.2, 0.25) is 0 Å². The highest BCUT2D eigenvalue weighted by Crippen LogP contribution is 2.31. The summed E-state index contributed by atoms with van der Waals surface area (Å²) < 4.78 is 22.4. The molecule has 6 heteroatoms. The smallest absolute Gasteiger partial charge is 0.227 e. The molecule has 1 fully saturated rings. The molecule has 0 radical (unpaired) electrons. The van der Waals surface area contributed by atoms with Crippen LogP contribution in [0.1, 0.15) is 33.1 Å². The summed E-state index contributed by atoms with van der Waals surface area (Å²) in [6.45, 7) is 5.35. The van der Waals surface area contributed by atoms with Crippen molar-refractivity contribution in [2.24, 2.45) is 5.41 Å². The maximum absolute atomic E-state index is 12.3. The number of amides is 1. The van der Waals surface area contributed by atoms with Gasteiger partial charge in [-0.15, -0.1) is 0 Å². The van der Waals surface area contributed by atoms with Gasteiger partial charge in [0.05, 0.1) is 11.2 Å². The molecule has 1 aliphatic rings.